The van der Waals surface area contributed by atoms with Crippen molar-refractivity contribution in [3.63, 3.8) is 0 Å². The molecule has 0 saturated carbocycles. The molecule has 0 aliphatic carbocycles. The molecule has 2 amide bonds. The maximum atomic E-state index is 12.9. The molecule has 42 heavy (non-hydrogen) atoms. The van der Waals surface area contributed by atoms with E-state index in [1.807, 2.05) is 13.8 Å². The fourth-order valence-electron chi connectivity index (χ4n) is 3.80. The molecule has 0 fully saturated rings. The van der Waals surface area contributed by atoms with Crippen LogP contribution < -0.4 is 25.0 Å². The zero-order chi connectivity index (χ0) is 29.9. The second kappa shape index (κ2) is 14.6. The number of esters is 1. The van der Waals surface area contributed by atoms with E-state index < -0.39 is 11.9 Å². The van der Waals surface area contributed by atoms with Crippen LogP contribution in [0.15, 0.2) is 101 Å². The smallest absolute Gasteiger partial charge is 0.343 e. The lowest BCUT2D eigenvalue weighted by Gasteiger charge is -2.12. The number of nitrogens with one attached hydrogen (secondary N) is 2. The van der Waals surface area contributed by atoms with Gasteiger partial charge >= 0.3 is 5.97 Å². The quantitative estimate of drug-likeness (QED) is 0.0849. The average molecular weight is 630 g/mol. The van der Waals surface area contributed by atoms with E-state index >= 15 is 0 Å². The lowest BCUT2D eigenvalue weighted by atomic mass is 10.1. The number of hydrogen-bond acceptors (Lipinski definition) is 7. The lowest BCUT2D eigenvalue weighted by molar-refractivity contribution is 0.0733. The third-order valence-electron chi connectivity index (χ3n) is 5.74. The van der Waals surface area contributed by atoms with Gasteiger partial charge in [0.1, 0.15) is 5.75 Å². The zero-order valence-electron chi connectivity index (χ0n) is 22.9. The molecule has 2 N–H and O–H groups in total. The molecule has 0 saturated heterocycles. The standard InChI is InChI=1S/C32H28BrN3O6/c1-3-40-28-15-13-23(19-29(28)41-4-2)30(37)35-26-12-8-11-22(18-26)31(38)36-34-20-24-17-25(33)14-16-27(24)42-32(39)21-9-6-5-7-10-21/h5-20H,3-4H2,1-2H3,(H,35,37)(H,36,38). The lowest BCUT2D eigenvalue weighted by Crippen LogP contribution is -2.18. The van der Waals surface area contributed by atoms with Crippen LogP contribution in [0, 0.1) is 0 Å². The van der Waals surface area contributed by atoms with Gasteiger partial charge in [-0.1, -0.05) is 40.2 Å². The topological polar surface area (TPSA) is 115 Å². The van der Waals surface area contributed by atoms with Crippen molar-refractivity contribution in [2.75, 3.05) is 18.5 Å². The van der Waals surface area contributed by atoms with E-state index in [0.717, 1.165) is 4.47 Å². The van der Waals surface area contributed by atoms with Gasteiger partial charge in [-0.05, 0) is 80.6 Å². The minimum atomic E-state index is -0.519. The molecule has 9 nitrogen and oxygen atoms in total. The maximum absolute atomic E-state index is 12.9. The van der Waals surface area contributed by atoms with Gasteiger partial charge in [-0.2, -0.15) is 5.10 Å². The Morgan fingerprint density at radius 2 is 1.43 bits per heavy atom. The van der Waals surface area contributed by atoms with Gasteiger partial charge in [0.25, 0.3) is 11.8 Å². The predicted molar refractivity (Wildman–Crippen MR) is 164 cm³/mol. The summed E-state index contributed by atoms with van der Waals surface area (Å²) in [5.41, 5.74) is 4.41. The van der Waals surface area contributed by atoms with Crippen LogP contribution in [0.4, 0.5) is 5.69 Å². The van der Waals surface area contributed by atoms with Gasteiger partial charge in [0.15, 0.2) is 11.5 Å². The fraction of sp³-hybridized carbons (Fsp3) is 0.125. The summed E-state index contributed by atoms with van der Waals surface area (Å²) < 4.78 is 17.4. The van der Waals surface area contributed by atoms with Crippen molar-refractivity contribution >= 4 is 45.6 Å². The Labute approximate surface area is 251 Å². The minimum Gasteiger partial charge on any atom is -0.490 e. The number of amides is 2. The second-order valence-electron chi connectivity index (χ2n) is 8.70. The van der Waals surface area contributed by atoms with Gasteiger partial charge < -0.3 is 19.5 Å². The summed E-state index contributed by atoms with van der Waals surface area (Å²) in [6.45, 7) is 4.61. The van der Waals surface area contributed by atoms with Crippen molar-refractivity contribution in [3.8, 4) is 17.2 Å². The van der Waals surface area contributed by atoms with E-state index in [-0.39, 0.29) is 17.2 Å². The number of ether oxygens (including phenoxy) is 3. The molecule has 0 aliphatic rings. The van der Waals surface area contributed by atoms with Crippen LogP contribution in [0.25, 0.3) is 0 Å². The highest BCUT2D eigenvalue weighted by Crippen LogP contribution is 2.29. The van der Waals surface area contributed by atoms with Gasteiger partial charge in [-0.15, -0.1) is 0 Å². The normalized spacial score (nSPS) is 10.6. The van der Waals surface area contributed by atoms with Crippen LogP contribution in [0.5, 0.6) is 17.2 Å². The molecule has 4 aromatic carbocycles. The molecule has 4 rings (SSSR count). The Morgan fingerprint density at radius 1 is 0.738 bits per heavy atom. The molecule has 0 bridgehead atoms. The maximum Gasteiger partial charge on any atom is 0.343 e. The molecule has 4 aromatic rings. The Kier molecular flexibility index (Phi) is 10.4. The predicted octanol–water partition coefficient (Wildman–Crippen LogP) is 6.48. The van der Waals surface area contributed by atoms with Crippen molar-refractivity contribution < 1.29 is 28.6 Å². The third-order valence-corrected chi connectivity index (χ3v) is 6.24. The second-order valence-corrected chi connectivity index (χ2v) is 9.61. The molecule has 0 heterocycles. The number of anilines is 1. The molecule has 0 unspecified atom stereocenters. The van der Waals surface area contributed by atoms with Gasteiger partial charge in [-0.25, -0.2) is 10.2 Å². The summed E-state index contributed by atoms with van der Waals surface area (Å²) in [6.07, 6.45) is 1.38. The van der Waals surface area contributed by atoms with Crippen LogP contribution in [0.3, 0.4) is 0 Å². The number of carbonyl (C=O) groups excluding carboxylic acids is 3. The van der Waals surface area contributed by atoms with Crippen LogP contribution in [0.1, 0.15) is 50.5 Å². The van der Waals surface area contributed by atoms with Crippen molar-refractivity contribution in [2.24, 2.45) is 5.10 Å². The summed E-state index contributed by atoms with van der Waals surface area (Å²) in [6, 6.07) is 25.1. The van der Waals surface area contributed by atoms with Crippen LogP contribution in [0.2, 0.25) is 0 Å². The Morgan fingerprint density at radius 3 is 2.19 bits per heavy atom. The Bertz CT molecular complexity index is 1610. The number of benzene rings is 4. The van der Waals surface area contributed by atoms with Crippen molar-refractivity contribution in [2.45, 2.75) is 13.8 Å². The van der Waals surface area contributed by atoms with Crippen LogP contribution in [-0.2, 0) is 0 Å². The number of hydrogen-bond donors (Lipinski definition) is 2. The van der Waals surface area contributed by atoms with Crippen molar-refractivity contribution in [1.82, 2.24) is 5.43 Å². The average Bonchev–Trinajstić information content (AvgIpc) is 3.00. The van der Waals surface area contributed by atoms with E-state index in [0.29, 0.717) is 47.1 Å². The largest absolute Gasteiger partial charge is 0.490 e. The first-order valence-corrected chi connectivity index (χ1v) is 13.9. The first kappa shape index (κ1) is 30.0. The van der Waals surface area contributed by atoms with Gasteiger partial charge in [0.05, 0.1) is 25.0 Å². The number of carbonyl (C=O) groups is 3. The van der Waals surface area contributed by atoms with Gasteiger partial charge in [-0.3, -0.25) is 9.59 Å². The SMILES string of the molecule is CCOc1ccc(C(=O)Nc2cccc(C(=O)NN=Cc3cc(Br)ccc3OC(=O)c3ccccc3)c2)cc1OCC. The minimum absolute atomic E-state index is 0.275. The first-order valence-electron chi connectivity index (χ1n) is 13.1. The van der Waals surface area contributed by atoms with E-state index in [2.05, 4.69) is 31.8 Å². The van der Waals surface area contributed by atoms with Gasteiger partial charge in [0, 0.05) is 26.9 Å². The summed E-state index contributed by atoms with van der Waals surface area (Å²) in [5, 5.41) is 6.83. The summed E-state index contributed by atoms with van der Waals surface area (Å²) in [5.74, 6) is -0.0889. The van der Waals surface area contributed by atoms with E-state index in [1.54, 1.807) is 84.9 Å². The fourth-order valence-corrected chi connectivity index (χ4v) is 4.18. The molecule has 0 radical (unpaired) electrons. The zero-order valence-corrected chi connectivity index (χ0v) is 24.5. The molecular weight excluding hydrogens is 602 g/mol. The van der Waals surface area contributed by atoms with E-state index in [1.165, 1.54) is 12.3 Å². The molecule has 0 atom stereocenters. The monoisotopic (exact) mass is 629 g/mol. The number of rotatable bonds is 11. The Hall–Kier alpha value is -4.96. The molecule has 0 aliphatic heterocycles. The number of hydrazone groups is 1. The van der Waals surface area contributed by atoms with Crippen molar-refractivity contribution in [3.05, 3.63) is 118 Å². The van der Waals surface area contributed by atoms with E-state index in [4.69, 9.17) is 14.2 Å². The summed E-state index contributed by atoms with van der Waals surface area (Å²) in [4.78, 5) is 38.2. The highest BCUT2D eigenvalue weighted by molar-refractivity contribution is 9.10. The summed E-state index contributed by atoms with van der Waals surface area (Å²) in [7, 11) is 0. The highest BCUT2D eigenvalue weighted by atomic mass is 79.9. The number of nitrogens with zero attached hydrogens (tertiary/aromatic N) is 1. The molecule has 0 aromatic heterocycles. The van der Waals surface area contributed by atoms with E-state index in [9.17, 15) is 14.4 Å². The van der Waals surface area contributed by atoms with Crippen LogP contribution in [-0.4, -0.2) is 37.2 Å². The van der Waals surface area contributed by atoms with Crippen LogP contribution >= 0.6 is 15.9 Å². The van der Waals surface area contributed by atoms with Crippen molar-refractivity contribution in [1.29, 1.82) is 0 Å². The summed E-state index contributed by atoms with van der Waals surface area (Å²) >= 11 is 3.39. The molecule has 214 valence electrons. The Balaban J connectivity index is 1.42. The van der Waals surface area contributed by atoms with Gasteiger partial charge in [0.2, 0.25) is 0 Å². The molecular formula is C32H28BrN3O6. The molecule has 0 spiro atoms. The third kappa shape index (κ3) is 8.05. The number of halogens is 1. The first-order chi connectivity index (χ1) is 20.4. The molecule has 10 heteroatoms. The highest BCUT2D eigenvalue weighted by Gasteiger charge is 2.14.